The van der Waals surface area contributed by atoms with Gasteiger partial charge in [0.1, 0.15) is 0 Å². The van der Waals surface area contributed by atoms with Crippen molar-refractivity contribution in [3.8, 4) is 0 Å². The number of rotatable bonds is 6. The van der Waals surface area contributed by atoms with Gasteiger partial charge in [-0.25, -0.2) is 13.1 Å². The topological polar surface area (TPSA) is 73.8 Å². The SMILES string of the molecule is CN=C(NCC(C)(C)NS(C)(=O)=O)N(C)Cc1ccc(Br)s1. The number of hydrogen-bond donors (Lipinski definition) is 2. The summed E-state index contributed by atoms with van der Waals surface area (Å²) >= 11 is 5.13. The first kappa shape index (κ1) is 19.4. The summed E-state index contributed by atoms with van der Waals surface area (Å²) in [4.78, 5) is 7.45. The van der Waals surface area contributed by atoms with Crippen LogP contribution in [0.3, 0.4) is 0 Å². The first-order valence-corrected chi connectivity index (χ1v) is 10.2. The van der Waals surface area contributed by atoms with E-state index in [-0.39, 0.29) is 0 Å². The van der Waals surface area contributed by atoms with Crippen LogP contribution < -0.4 is 10.0 Å². The normalized spacial score (nSPS) is 13.3. The summed E-state index contributed by atoms with van der Waals surface area (Å²) in [5.74, 6) is 0.716. The van der Waals surface area contributed by atoms with Crippen molar-refractivity contribution in [3.63, 3.8) is 0 Å². The maximum Gasteiger partial charge on any atom is 0.209 e. The maximum atomic E-state index is 11.4. The van der Waals surface area contributed by atoms with Gasteiger partial charge >= 0.3 is 0 Å². The van der Waals surface area contributed by atoms with E-state index < -0.39 is 15.6 Å². The van der Waals surface area contributed by atoms with Crippen LogP contribution in [0.1, 0.15) is 18.7 Å². The Bertz CT molecular complexity index is 626. The van der Waals surface area contributed by atoms with Crippen molar-refractivity contribution >= 4 is 43.2 Å². The van der Waals surface area contributed by atoms with Gasteiger partial charge in [-0.05, 0) is 41.9 Å². The third-order valence-electron chi connectivity index (χ3n) is 2.75. The second-order valence-electron chi connectivity index (χ2n) is 5.72. The minimum absolute atomic E-state index is 0.436. The van der Waals surface area contributed by atoms with Crippen molar-refractivity contribution in [1.29, 1.82) is 0 Å². The Morgan fingerprint density at radius 3 is 2.55 bits per heavy atom. The lowest BCUT2D eigenvalue weighted by atomic mass is 10.1. The molecule has 0 saturated carbocycles. The fraction of sp³-hybridized carbons (Fsp3) is 0.615. The summed E-state index contributed by atoms with van der Waals surface area (Å²) in [5, 5.41) is 3.20. The van der Waals surface area contributed by atoms with Crippen LogP contribution in [0, 0.1) is 0 Å². The maximum absolute atomic E-state index is 11.4. The number of hydrogen-bond acceptors (Lipinski definition) is 4. The summed E-state index contributed by atoms with van der Waals surface area (Å²) in [7, 11) is 0.403. The molecule has 126 valence electrons. The Morgan fingerprint density at radius 1 is 1.45 bits per heavy atom. The van der Waals surface area contributed by atoms with Crippen LogP contribution in [0.4, 0.5) is 0 Å². The summed E-state index contributed by atoms with van der Waals surface area (Å²) in [6.45, 7) is 4.82. The molecule has 22 heavy (non-hydrogen) atoms. The number of nitrogens with one attached hydrogen (secondary N) is 2. The highest BCUT2D eigenvalue weighted by atomic mass is 79.9. The predicted octanol–water partition coefficient (Wildman–Crippen LogP) is 1.85. The molecule has 2 N–H and O–H groups in total. The molecule has 0 atom stereocenters. The summed E-state index contributed by atoms with van der Waals surface area (Å²) in [6.07, 6.45) is 1.16. The Kier molecular flexibility index (Phi) is 6.84. The van der Waals surface area contributed by atoms with E-state index in [9.17, 15) is 8.42 Å². The molecule has 0 aromatic carbocycles. The summed E-state index contributed by atoms with van der Waals surface area (Å²) in [6, 6.07) is 4.08. The van der Waals surface area contributed by atoms with E-state index in [2.05, 4.69) is 37.0 Å². The minimum atomic E-state index is -3.25. The molecule has 0 aliphatic rings. The molecule has 0 spiro atoms. The molecule has 6 nitrogen and oxygen atoms in total. The Morgan fingerprint density at radius 2 is 2.09 bits per heavy atom. The zero-order chi connectivity index (χ0) is 17.0. The number of thiophene rings is 1. The number of sulfonamides is 1. The Balaban J connectivity index is 2.61. The van der Waals surface area contributed by atoms with Gasteiger partial charge in [-0.2, -0.15) is 0 Å². The molecule has 1 heterocycles. The number of aliphatic imine (C=N–C) groups is 1. The minimum Gasteiger partial charge on any atom is -0.354 e. The zero-order valence-electron chi connectivity index (χ0n) is 13.5. The van der Waals surface area contributed by atoms with E-state index in [4.69, 9.17) is 0 Å². The highest BCUT2D eigenvalue weighted by Gasteiger charge is 2.23. The van der Waals surface area contributed by atoms with Gasteiger partial charge in [-0.15, -0.1) is 11.3 Å². The van der Waals surface area contributed by atoms with Gasteiger partial charge in [0, 0.05) is 31.1 Å². The highest BCUT2D eigenvalue weighted by Crippen LogP contribution is 2.22. The quantitative estimate of drug-likeness (QED) is 0.554. The van der Waals surface area contributed by atoms with Gasteiger partial charge in [0.15, 0.2) is 5.96 Å². The molecule has 0 aliphatic heterocycles. The molecular weight excluding hydrogens is 388 g/mol. The van der Waals surface area contributed by atoms with Crippen molar-refractivity contribution in [1.82, 2.24) is 14.9 Å². The molecule has 1 rings (SSSR count). The molecule has 0 saturated heterocycles. The molecule has 9 heteroatoms. The fourth-order valence-corrected chi connectivity index (χ4v) is 4.58. The van der Waals surface area contributed by atoms with E-state index in [0.717, 1.165) is 16.6 Å². The second kappa shape index (κ2) is 7.76. The molecule has 0 aliphatic carbocycles. The first-order valence-electron chi connectivity index (χ1n) is 6.67. The highest BCUT2D eigenvalue weighted by molar-refractivity contribution is 9.11. The smallest absolute Gasteiger partial charge is 0.209 e. The van der Waals surface area contributed by atoms with Gasteiger partial charge < -0.3 is 10.2 Å². The largest absolute Gasteiger partial charge is 0.354 e. The van der Waals surface area contributed by atoms with Crippen LogP contribution >= 0.6 is 27.3 Å². The van der Waals surface area contributed by atoms with Gasteiger partial charge in [0.25, 0.3) is 0 Å². The molecule has 0 radical (unpaired) electrons. The standard InChI is InChI=1S/C13H23BrN4O2S2/c1-13(2,17-22(5,19)20)9-16-12(15-3)18(4)8-10-6-7-11(14)21-10/h6-7,17H,8-9H2,1-5H3,(H,15,16). The fourth-order valence-electron chi connectivity index (χ4n) is 1.97. The van der Waals surface area contributed by atoms with Crippen molar-refractivity contribution in [2.75, 3.05) is 26.9 Å². The third-order valence-corrected chi connectivity index (χ3v) is 5.28. The molecular formula is C13H23BrN4O2S2. The van der Waals surface area contributed by atoms with Crippen LogP contribution in [-0.4, -0.2) is 51.7 Å². The molecule has 0 bridgehead atoms. The van der Waals surface area contributed by atoms with E-state index >= 15 is 0 Å². The Labute approximate surface area is 145 Å². The lowest BCUT2D eigenvalue weighted by molar-refractivity contribution is 0.424. The summed E-state index contributed by atoms with van der Waals surface area (Å²) < 4.78 is 26.4. The predicted molar refractivity (Wildman–Crippen MR) is 96.9 cm³/mol. The van der Waals surface area contributed by atoms with Crippen molar-refractivity contribution < 1.29 is 8.42 Å². The zero-order valence-corrected chi connectivity index (χ0v) is 16.7. The molecule has 1 aromatic rings. The number of halogens is 1. The van der Waals surface area contributed by atoms with Gasteiger partial charge in [-0.3, -0.25) is 4.99 Å². The van der Waals surface area contributed by atoms with Gasteiger partial charge in [0.2, 0.25) is 10.0 Å². The monoisotopic (exact) mass is 410 g/mol. The van der Waals surface area contributed by atoms with E-state index in [1.165, 1.54) is 4.88 Å². The van der Waals surface area contributed by atoms with Gasteiger partial charge in [-0.1, -0.05) is 0 Å². The lowest BCUT2D eigenvalue weighted by Crippen LogP contribution is -2.53. The third kappa shape index (κ3) is 7.08. The van der Waals surface area contributed by atoms with Crippen LogP contribution in [0.5, 0.6) is 0 Å². The van der Waals surface area contributed by atoms with E-state index in [1.54, 1.807) is 18.4 Å². The van der Waals surface area contributed by atoms with Crippen molar-refractivity contribution in [2.24, 2.45) is 4.99 Å². The van der Waals surface area contributed by atoms with Crippen LogP contribution in [0.25, 0.3) is 0 Å². The van der Waals surface area contributed by atoms with Gasteiger partial charge in [0.05, 0.1) is 16.6 Å². The molecule has 0 amide bonds. The van der Waals surface area contributed by atoms with Crippen molar-refractivity contribution in [2.45, 2.75) is 25.9 Å². The number of guanidine groups is 1. The average molecular weight is 411 g/mol. The van der Waals surface area contributed by atoms with E-state index in [0.29, 0.717) is 12.5 Å². The average Bonchev–Trinajstić information content (AvgIpc) is 2.72. The lowest BCUT2D eigenvalue weighted by Gasteiger charge is -2.28. The van der Waals surface area contributed by atoms with Crippen LogP contribution in [-0.2, 0) is 16.6 Å². The van der Waals surface area contributed by atoms with Crippen molar-refractivity contribution in [3.05, 3.63) is 20.8 Å². The van der Waals surface area contributed by atoms with E-state index in [1.807, 2.05) is 31.9 Å². The second-order valence-corrected chi connectivity index (χ2v) is 10.0. The molecule has 1 aromatic heterocycles. The summed E-state index contributed by atoms with van der Waals surface area (Å²) in [5.41, 5.74) is -0.601. The van der Waals surface area contributed by atoms with Crippen LogP contribution in [0.15, 0.2) is 20.9 Å². The molecule has 0 unspecified atom stereocenters. The van der Waals surface area contributed by atoms with Crippen LogP contribution in [0.2, 0.25) is 0 Å². The first-order chi connectivity index (χ1) is 10.0. The number of nitrogens with zero attached hydrogens (tertiary/aromatic N) is 2. The Hall–Kier alpha value is -0.640. The molecule has 0 fully saturated rings.